The largest absolute Gasteiger partial charge is 0.459 e. The second-order valence-electron chi connectivity index (χ2n) is 7.18. The van der Waals surface area contributed by atoms with E-state index < -0.39 is 6.10 Å². The Kier molecular flexibility index (Phi) is 6.27. The van der Waals surface area contributed by atoms with Crippen LogP contribution >= 0.6 is 0 Å². The fourth-order valence-electron chi connectivity index (χ4n) is 4.16. The molecule has 1 atom stereocenters. The molecule has 4 nitrogen and oxygen atoms in total. The molecule has 2 saturated carbocycles. The second-order valence-corrected chi connectivity index (χ2v) is 7.18. The lowest BCUT2D eigenvalue weighted by Crippen LogP contribution is -2.24. The van der Waals surface area contributed by atoms with Gasteiger partial charge < -0.3 is 4.74 Å². The van der Waals surface area contributed by atoms with Crippen molar-refractivity contribution in [1.82, 2.24) is 0 Å². The first-order chi connectivity index (χ1) is 11.8. The number of rotatable bonds is 5. The molecule has 132 valence electrons. The van der Waals surface area contributed by atoms with E-state index in [4.69, 9.17) is 9.62 Å². The lowest BCUT2D eigenvalue weighted by Gasteiger charge is -2.29. The Hall–Kier alpha value is -1.39. The van der Waals surface area contributed by atoms with Crippen LogP contribution in [0.3, 0.4) is 0 Å². The van der Waals surface area contributed by atoms with E-state index >= 15 is 0 Å². The van der Waals surface area contributed by atoms with Crippen LogP contribution in [0.1, 0.15) is 86.2 Å². The van der Waals surface area contributed by atoms with Crippen LogP contribution in [0.4, 0.5) is 0 Å². The molecule has 2 aliphatic carbocycles. The van der Waals surface area contributed by atoms with Gasteiger partial charge in [-0.3, -0.25) is 5.26 Å². The van der Waals surface area contributed by atoms with Crippen molar-refractivity contribution >= 4 is 5.97 Å². The van der Waals surface area contributed by atoms with Gasteiger partial charge >= 0.3 is 5.97 Å². The zero-order chi connectivity index (χ0) is 16.8. The molecule has 0 saturated heterocycles. The maximum Gasteiger partial charge on any atom is 0.338 e. The van der Waals surface area contributed by atoms with Crippen LogP contribution in [0.5, 0.6) is 0 Å². The van der Waals surface area contributed by atoms with Crippen LogP contribution in [0.15, 0.2) is 24.3 Å². The SMILES string of the molecule is O=C(OC1CCCCC1)c1ccccc1C(OO)C1CCCCC1. The molecule has 0 bridgehead atoms. The van der Waals surface area contributed by atoms with Crippen LogP contribution < -0.4 is 0 Å². The van der Waals surface area contributed by atoms with Crippen LogP contribution in [-0.2, 0) is 9.62 Å². The third-order valence-corrected chi connectivity index (χ3v) is 5.50. The summed E-state index contributed by atoms with van der Waals surface area (Å²) in [6.07, 6.45) is 10.6. The van der Waals surface area contributed by atoms with Gasteiger partial charge in [-0.05, 0) is 56.1 Å². The third kappa shape index (κ3) is 4.17. The number of hydrogen-bond donors (Lipinski definition) is 1. The van der Waals surface area contributed by atoms with Crippen molar-refractivity contribution in [2.75, 3.05) is 0 Å². The number of carbonyl (C=O) groups excluding carboxylic acids is 1. The number of carbonyl (C=O) groups is 1. The van der Waals surface area contributed by atoms with Crippen LogP contribution in [-0.4, -0.2) is 17.3 Å². The molecule has 2 fully saturated rings. The van der Waals surface area contributed by atoms with E-state index in [2.05, 4.69) is 0 Å². The lowest BCUT2D eigenvalue weighted by atomic mass is 9.81. The number of benzene rings is 1. The fourth-order valence-corrected chi connectivity index (χ4v) is 4.16. The van der Waals surface area contributed by atoms with Crippen molar-refractivity contribution in [2.45, 2.75) is 76.4 Å². The lowest BCUT2D eigenvalue weighted by molar-refractivity contribution is -0.295. The Morgan fingerprint density at radius 2 is 1.58 bits per heavy atom. The highest BCUT2D eigenvalue weighted by atomic mass is 17.1. The highest BCUT2D eigenvalue weighted by molar-refractivity contribution is 5.91. The summed E-state index contributed by atoms with van der Waals surface area (Å²) in [7, 11) is 0. The fraction of sp³-hybridized carbons (Fsp3) is 0.650. The minimum Gasteiger partial charge on any atom is -0.459 e. The van der Waals surface area contributed by atoms with Gasteiger partial charge in [0.15, 0.2) is 0 Å². The van der Waals surface area contributed by atoms with Crippen LogP contribution in [0.2, 0.25) is 0 Å². The topological polar surface area (TPSA) is 55.8 Å². The second kappa shape index (κ2) is 8.63. The minimum atomic E-state index is -0.444. The molecule has 0 spiro atoms. The van der Waals surface area contributed by atoms with Gasteiger partial charge in [-0.2, -0.15) is 0 Å². The quantitative estimate of drug-likeness (QED) is 0.452. The van der Waals surface area contributed by atoms with Crippen molar-refractivity contribution in [1.29, 1.82) is 0 Å². The Morgan fingerprint density at radius 1 is 0.958 bits per heavy atom. The summed E-state index contributed by atoms with van der Waals surface area (Å²) >= 11 is 0. The summed E-state index contributed by atoms with van der Waals surface area (Å²) in [6.45, 7) is 0. The molecule has 0 aliphatic heterocycles. The predicted molar refractivity (Wildman–Crippen MR) is 91.8 cm³/mol. The standard InChI is InChI=1S/C20H28O4/c21-20(23-16-11-5-2-6-12-16)18-14-8-7-13-17(18)19(24-22)15-9-3-1-4-10-15/h7-8,13-16,19,22H,1-6,9-12H2. The molecule has 4 heteroatoms. The molecule has 2 aliphatic rings. The highest BCUT2D eigenvalue weighted by Crippen LogP contribution is 2.38. The van der Waals surface area contributed by atoms with E-state index in [0.29, 0.717) is 5.56 Å². The van der Waals surface area contributed by atoms with Crippen molar-refractivity contribution < 1.29 is 19.7 Å². The molecule has 0 amide bonds. The third-order valence-electron chi connectivity index (χ3n) is 5.50. The summed E-state index contributed by atoms with van der Waals surface area (Å²) in [5, 5.41) is 9.51. The predicted octanol–water partition coefficient (Wildman–Crippen LogP) is 5.29. The van der Waals surface area contributed by atoms with Gasteiger partial charge in [-0.25, -0.2) is 9.68 Å². The van der Waals surface area contributed by atoms with Gasteiger partial charge in [-0.15, -0.1) is 0 Å². The average Bonchev–Trinajstić information content (AvgIpc) is 2.64. The first kappa shape index (κ1) is 17.4. The number of hydrogen-bond acceptors (Lipinski definition) is 4. The summed E-state index contributed by atoms with van der Waals surface area (Å²) < 4.78 is 5.72. The molecule has 0 radical (unpaired) electrons. The van der Waals surface area contributed by atoms with E-state index in [9.17, 15) is 10.1 Å². The van der Waals surface area contributed by atoms with Gasteiger partial charge in [0.1, 0.15) is 12.2 Å². The summed E-state index contributed by atoms with van der Waals surface area (Å²) in [5.41, 5.74) is 1.29. The van der Waals surface area contributed by atoms with E-state index in [-0.39, 0.29) is 18.0 Å². The summed E-state index contributed by atoms with van der Waals surface area (Å²) in [6, 6.07) is 7.40. The molecule has 0 aromatic heterocycles. The Balaban J connectivity index is 1.76. The normalized spacial score (nSPS) is 21.4. The summed E-state index contributed by atoms with van der Waals surface area (Å²) in [4.78, 5) is 17.5. The van der Waals surface area contributed by atoms with Gasteiger partial charge in [0.2, 0.25) is 0 Å². The molecule has 1 aromatic rings. The van der Waals surface area contributed by atoms with Crippen molar-refractivity contribution in [3.8, 4) is 0 Å². The van der Waals surface area contributed by atoms with E-state index in [0.717, 1.165) is 56.9 Å². The number of esters is 1. The average molecular weight is 332 g/mol. The molecule has 0 heterocycles. The molecule has 1 unspecified atom stereocenters. The van der Waals surface area contributed by atoms with E-state index in [1.807, 2.05) is 18.2 Å². The van der Waals surface area contributed by atoms with Crippen LogP contribution in [0, 0.1) is 5.92 Å². The molecular weight excluding hydrogens is 304 g/mol. The molecule has 1 aromatic carbocycles. The van der Waals surface area contributed by atoms with Gasteiger partial charge in [0, 0.05) is 0 Å². The van der Waals surface area contributed by atoms with Gasteiger partial charge in [0.25, 0.3) is 0 Å². The van der Waals surface area contributed by atoms with Gasteiger partial charge in [-0.1, -0.05) is 43.9 Å². The highest BCUT2D eigenvalue weighted by Gasteiger charge is 2.30. The smallest absolute Gasteiger partial charge is 0.338 e. The van der Waals surface area contributed by atoms with Crippen molar-refractivity contribution in [3.63, 3.8) is 0 Å². The molecule has 1 N–H and O–H groups in total. The van der Waals surface area contributed by atoms with Crippen LogP contribution in [0.25, 0.3) is 0 Å². The Bertz CT molecular complexity index is 530. The zero-order valence-electron chi connectivity index (χ0n) is 14.3. The first-order valence-electron chi connectivity index (χ1n) is 9.39. The molecular formula is C20H28O4. The van der Waals surface area contributed by atoms with Crippen molar-refractivity contribution in [2.24, 2.45) is 5.92 Å². The van der Waals surface area contributed by atoms with E-state index in [1.54, 1.807) is 6.07 Å². The Morgan fingerprint density at radius 3 is 2.25 bits per heavy atom. The zero-order valence-corrected chi connectivity index (χ0v) is 14.3. The minimum absolute atomic E-state index is 0.0301. The number of ether oxygens (including phenoxy) is 1. The first-order valence-corrected chi connectivity index (χ1v) is 9.39. The van der Waals surface area contributed by atoms with E-state index in [1.165, 1.54) is 12.8 Å². The monoisotopic (exact) mass is 332 g/mol. The molecule has 3 rings (SSSR count). The Labute approximate surface area is 144 Å². The van der Waals surface area contributed by atoms with Gasteiger partial charge in [0.05, 0.1) is 5.56 Å². The maximum absolute atomic E-state index is 12.7. The molecule has 24 heavy (non-hydrogen) atoms. The van der Waals surface area contributed by atoms with Crippen molar-refractivity contribution in [3.05, 3.63) is 35.4 Å². The maximum atomic E-state index is 12.7. The summed E-state index contributed by atoms with van der Waals surface area (Å²) in [5.74, 6) is -0.0252.